The Labute approximate surface area is 100 Å². The Bertz CT molecular complexity index is 552. The summed E-state index contributed by atoms with van der Waals surface area (Å²) in [6, 6.07) is 10.2. The molecule has 0 radical (unpaired) electrons. The molecular formula is C14H14N2O. The maximum Gasteiger partial charge on any atom is 0.146 e. The van der Waals surface area contributed by atoms with Crippen LogP contribution in [0.1, 0.15) is 11.1 Å². The van der Waals surface area contributed by atoms with Gasteiger partial charge in [0.25, 0.3) is 0 Å². The van der Waals surface area contributed by atoms with Crippen molar-refractivity contribution in [1.29, 1.82) is 0 Å². The second-order valence-electron chi connectivity index (χ2n) is 4.24. The first-order chi connectivity index (χ1) is 8.33. The number of hydrogen-bond acceptors (Lipinski definition) is 3. The van der Waals surface area contributed by atoms with Crippen molar-refractivity contribution in [2.75, 3.05) is 11.9 Å². The summed E-state index contributed by atoms with van der Waals surface area (Å²) in [6.45, 7) is 2.83. The van der Waals surface area contributed by atoms with E-state index in [4.69, 9.17) is 4.74 Å². The van der Waals surface area contributed by atoms with E-state index < -0.39 is 0 Å². The van der Waals surface area contributed by atoms with Gasteiger partial charge in [0, 0.05) is 12.6 Å². The SMILES string of the molecule is Cc1ccnc(Nc2cccc3c2OCC3)c1. The van der Waals surface area contributed by atoms with Crippen molar-refractivity contribution >= 4 is 11.5 Å². The van der Waals surface area contributed by atoms with Gasteiger partial charge >= 0.3 is 0 Å². The summed E-state index contributed by atoms with van der Waals surface area (Å²) in [5.41, 5.74) is 3.46. The van der Waals surface area contributed by atoms with Crippen LogP contribution >= 0.6 is 0 Å². The molecule has 86 valence electrons. The third-order valence-electron chi connectivity index (χ3n) is 2.89. The number of para-hydroxylation sites is 1. The molecule has 0 atom stereocenters. The third kappa shape index (κ3) is 1.96. The summed E-state index contributed by atoms with van der Waals surface area (Å²) in [5, 5.41) is 3.31. The van der Waals surface area contributed by atoms with Gasteiger partial charge in [0.1, 0.15) is 11.6 Å². The zero-order valence-electron chi connectivity index (χ0n) is 9.73. The van der Waals surface area contributed by atoms with Crippen LogP contribution in [-0.4, -0.2) is 11.6 Å². The number of aryl methyl sites for hydroxylation is 1. The molecule has 0 bridgehead atoms. The molecule has 1 aromatic heterocycles. The van der Waals surface area contributed by atoms with Crippen LogP contribution in [0.3, 0.4) is 0 Å². The van der Waals surface area contributed by atoms with E-state index in [9.17, 15) is 0 Å². The van der Waals surface area contributed by atoms with Crippen LogP contribution in [0, 0.1) is 6.92 Å². The molecule has 1 aliphatic heterocycles. The topological polar surface area (TPSA) is 34.2 Å². The van der Waals surface area contributed by atoms with Crippen LogP contribution in [0.4, 0.5) is 11.5 Å². The maximum absolute atomic E-state index is 5.64. The summed E-state index contributed by atoms with van der Waals surface area (Å²) in [5.74, 6) is 1.82. The fraction of sp³-hybridized carbons (Fsp3) is 0.214. The van der Waals surface area contributed by atoms with E-state index in [2.05, 4.69) is 23.3 Å². The van der Waals surface area contributed by atoms with E-state index in [1.807, 2.05) is 30.5 Å². The monoisotopic (exact) mass is 226 g/mol. The molecule has 0 unspecified atom stereocenters. The predicted molar refractivity (Wildman–Crippen MR) is 67.9 cm³/mol. The lowest BCUT2D eigenvalue weighted by atomic mass is 10.1. The van der Waals surface area contributed by atoms with Gasteiger partial charge in [0.15, 0.2) is 0 Å². The van der Waals surface area contributed by atoms with Crippen molar-refractivity contribution in [2.24, 2.45) is 0 Å². The molecule has 3 heteroatoms. The van der Waals surface area contributed by atoms with E-state index in [0.29, 0.717) is 0 Å². The molecule has 3 nitrogen and oxygen atoms in total. The standard InChI is InChI=1S/C14H14N2O/c1-10-5-7-15-13(9-10)16-12-4-2-3-11-6-8-17-14(11)12/h2-5,7,9H,6,8H2,1H3,(H,15,16). The van der Waals surface area contributed by atoms with E-state index in [1.165, 1.54) is 11.1 Å². The van der Waals surface area contributed by atoms with Crippen molar-refractivity contribution in [3.8, 4) is 5.75 Å². The lowest BCUT2D eigenvalue weighted by Crippen LogP contribution is -1.96. The molecule has 1 N–H and O–H groups in total. The molecule has 1 aromatic carbocycles. The highest BCUT2D eigenvalue weighted by molar-refractivity contribution is 5.67. The first kappa shape index (κ1) is 10.1. The van der Waals surface area contributed by atoms with Gasteiger partial charge in [0.05, 0.1) is 12.3 Å². The zero-order chi connectivity index (χ0) is 11.7. The maximum atomic E-state index is 5.64. The summed E-state index contributed by atoms with van der Waals surface area (Å²) in [6.07, 6.45) is 2.80. The predicted octanol–water partition coefficient (Wildman–Crippen LogP) is 3.07. The minimum absolute atomic E-state index is 0.773. The van der Waals surface area contributed by atoms with Crippen LogP contribution < -0.4 is 10.1 Å². The molecule has 2 heterocycles. The van der Waals surface area contributed by atoms with Gasteiger partial charge in [-0.25, -0.2) is 4.98 Å². The lowest BCUT2D eigenvalue weighted by Gasteiger charge is -2.10. The molecule has 2 aromatic rings. The first-order valence-electron chi connectivity index (χ1n) is 5.77. The molecule has 0 fully saturated rings. The Hall–Kier alpha value is -2.03. The van der Waals surface area contributed by atoms with Gasteiger partial charge in [-0.3, -0.25) is 0 Å². The molecule has 0 spiro atoms. The van der Waals surface area contributed by atoms with Crippen molar-refractivity contribution in [3.05, 3.63) is 47.7 Å². The number of ether oxygens (including phenoxy) is 1. The van der Waals surface area contributed by atoms with E-state index in [1.54, 1.807) is 0 Å². The summed E-state index contributed by atoms with van der Waals surface area (Å²) >= 11 is 0. The number of hydrogen-bond donors (Lipinski definition) is 1. The van der Waals surface area contributed by atoms with Crippen LogP contribution in [0.25, 0.3) is 0 Å². The number of fused-ring (bicyclic) bond motifs is 1. The average Bonchev–Trinajstić information content (AvgIpc) is 2.78. The Morgan fingerprint density at radius 2 is 2.24 bits per heavy atom. The molecule has 0 saturated heterocycles. The number of nitrogens with one attached hydrogen (secondary N) is 1. The highest BCUT2D eigenvalue weighted by Gasteiger charge is 2.15. The molecule has 0 aliphatic carbocycles. The van der Waals surface area contributed by atoms with Crippen LogP contribution in [0.15, 0.2) is 36.5 Å². The molecular weight excluding hydrogens is 212 g/mol. The minimum Gasteiger partial charge on any atom is -0.491 e. The van der Waals surface area contributed by atoms with E-state index >= 15 is 0 Å². The Balaban J connectivity index is 1.93. The van der Waals surface area contributed by atoms with Crippen molar-refractivity contribution in [1.82, 2.24) is 4.98 Å². The second-order valence-corrected chi connectivity index (χ2v) is 4.24. The van der Waals surface area contributed by atoms with Gasteiger partial charge < -0.3 is 10.1 Å². The third-order valence-corrected chi connectivity index (χ3v) is 2.89. The Kier molecular flexibility index (Phi) is 2.44. The number of aromatic nitrogens is 1. The number of nitrogens with zero attached hydrogens (tertiary/aromatic N) is 1. The highest BCUT2D eigenvalue weighted by Crippen LogP contribution is 2.34. The molecule has 1 aliphatic rings. The second kappa shape index (κ2) is 4.09. The molecule has 0 amide bonds. The highest BCUT2D eigenvalue weighted by atomic mass is 16.5. The zero-order valence-corrected chi connectivity index (χ0v) is 9.73. The van der Waals surface area contributed by atoms with Gasteiger partial charge in [0.2, 0.25) is 0 Å². The summed E-state index contributed by atoms with van der Waals surface area (Å²) in [7, 11) is 0. The van der Waals surface area contributed by atoms with Crippen molar-refractivity contribution in [2.45, 2.75) is 13.3 Å². The lowest BCUT2D eigenvalue weighted by molar-refractivity contribution is 0.358. The summed E-state index contributed by atoms with van der Waals surface area (Å²) < 4.78 is 5.64. The quantitative estimate of drug-likeness (QED) is 0.854. The molecule has 0 saturated carbocycles. The number of rotatable bonds is 2. The normalized spacial score (nSPS) is 13.0. The van der Waals surface area contributed by atoms with Gasteiger partial charge in [-0.15, -0.1) is 0 Å². The average molecular weight is 226 g/mol. The molecule has 3 rings (SSSR count). The first-order valence-corrected chi connectivity index (χ1v) is 5.77. The fourth-order valence-corrected chi connectivity index (χ4v) is 2.06. The van der Waals surface area contributed by atoms with Gasteiger partial charge in [-0.2, -0.15) is 0 Å². The van der Waals surface area contributed by atoms with E-state index in [0.717, 1.165) is 30.3 Å². The minimum atomic E-state index is 0.773. The summed E-state index contributed by atoms with van der Waals surface area (Å²) in [4.78, 5) is 4.29. The van der Waals surface area contributed by atoms with Crippen molar-refractivity contribution in [3.63, 3.8) is 0 Å². The van der Waals surface area contributed by atoms with Crippen LogP contribution in [0.2, 0.25) is 0 Å². The van der Waals surface area contributed by atoms with Gasteiger partial charge in [-0.1, -0.05) is 12.1 Å². The van der Waals surface area contributed by atoms with Crippen LogP contribution in [-0.2, 0) is 6.42 Å². The van der Waals surface area contributed by atoms with Gasteiger partial charge in [-0.05, 0) is 36.2 Å². The van der Waals surface area contributed by atoms with E-state index in [-0.39, 0.29) is 0 Å². The van der Waals surface area contributed by atoms with Crippen LogP contribution in [0.5, 0.6) is 5.75 Å². The fourth-order valence-electron chi connectivity index (χ4n) is 2.06. The molecule has 17 heavy (non-hydrogen) atoms. The Morgan fingerprint density at radius 1 is 1.29 bits per heavy atom. The largest absolute Gasteiger partial charge is 0.491 e. The van der Waals surface area contributed by atoms with Crippen molar-refractivity contribution < 1.29 is 4.74 Å². The number of pyridine rings is 1. The number of anilines is 2. The number of benzene rings is 1. The smallest absolute Gasteiger partial charge is 0.146 e. The Morgan fingerprint density at radius 3 is 3.12 bits per heavy atom.